The number of ether oxygens (including phenoxy) is 1. The molecule has 0 aliphatic rings. The summed E-state index contributed by atoms with van der Waals surface area (Å²) >= 11 is 6.00. The molecule has 0 spiro atoms. The van der Waals surface area contributed by atoms with Crippen LogP contribution in [0.25, 0.3) is 0 Å². The Morgan fingerprint density at radius 1 is 1.50 bits per heavy atom. The molecule has 2 aromatic rings. The van der Waals surface area contributed by atoms with Crippen LogP contribution >= 0.6 is 11.6 Å². The normalized spacial score (nSPS) is 11.0. The number of H-pyrrole nitrogens is 1. The van der Waals surface area contributed by atoms with Gasteiger partial charge in [-0.3, -0.25) is 0 Å². The molecule has 5 nitrogen and oxygen atoms in total. The monoisotopic (exact) mass is 320 g/mol. The van der Waals surface area contributed by atoms with Crippen molar-refractivity contribution in [3.8, 4) is 0 Å². The van der Waals surface area contributed by atoms with Gasteiger partial charge >= 0.3 is 5.97 Å². The summed E-state index contributed by atoms with van der Waals surface area (Å²) in [5.74, 6) is -0.397. The highest BCUT2D eigenvalue weighted by atomic mass is 35.5. The number of nitrogens with zero attached hydrogens (tertiary/aromatic N) is 1. The van der Waals surface area contributed by atoms with E-state index in [1.54, 1.807) is 19.9 Å². The first-order valence-corrected chi connectivity index (χ1v) is 7.25. The van der Waals surface area contributed by atoms with Gasteiger partial charge < -0.3 is 14.9 Å². The number of oxime groups is 1. The van der Waals surface area contributed by atoms with Gasteiger partial charge in [-0.25, -0.2) is 4.79 Å². The van der Waals surface area contributed by atoms with Crippen LogP contribution in [0.1, 0.15) is 39.8 Å². The lowest BCUT2D eigenvalue weighted by Gasteiger charge is -2.07. The molecule has 0 fully saturated rings. The molecule has 0 saturated carbocycles. The van der Waals surface area contributed by atoms with Gasteiger partial charge in [0.1, 0.15) is 0 Å². The van der Waals surface area contributed by atoms with Crippen molar-refractivity contribution in [3.63, 3.8) is 0 Å². The molecule has 2 rings (SSSR count). The van der Waals surface area contributed by atoms with Crippen LogP contribution in [-0.4, -0.2) is 29.0 Å². The van der Waals surface area contributed by atoms with E-state index in [1.807, 2.05) is 18.2 Å². The highest BCUT2D eigenvalue weighted by Gasteiger charge is 2.21. The van der Waals surface area contributed by atoms with Gasteiger partial charge in [0.25, 0.3) is 0 Å². The molecule has 1 aromatic heterocycles. The maximum atomic E-state index is 12.2. The molecule has 0 aliphatic heterocycles. The number of aromatic amines is 1. The maximum Gasteiger partial charge on any atom is 0.340 e. The van der Waals surface area contributed by atoms with Gasteiger partial charge in [0.2, 0.25) is 0 Å². The molecule has 0 atom stereocenters. The fourth-order valence-corrected chi connectivity index (χ4v) is 2.60. The third-order valence-electron chi connectivity index (χ3n) is 3.26. The molecule has 2 N–H and O–H groups in total. The van der Waals surface area contributed by atoms with Crippen molar-refractivity contribution in [3.05, 3.63) is 57.4 Å². The fourth-order valence-electron chi connectivity index (χ4n) is 2.38. The summed E-state index contributed by atoms with van der Waals surface area (Å²) in [5, 5.41) is 12.5. The van der Waals surface area contributed by atoms with E-state index in [4.69, 9.17) is 21.5 Å². The number of benzene rings is 1. The van der Waals surface area contributed by atoms with Crippen LogP contribution in [0, 0.1) is 6.92 Å². The second kappa shape index (κ2) is 7.13. The summed E-state index contributed by atoms with van der Waals surface area (Å²) in [6.45, 7) is 3.83. The van der Waals surface area contributed by atoms with Crippen LogP contribution in [0.5, 0.6) is 0 Å². The number of hydrogen-bond donors (Lipinski definition) is 2. The largest absolute Gasteiger partial charge is 0.462 e. The number of aromatic nitrogens is 1. The number of carbonyl (C=O) groups is 1. The Bertz CT molecular complexity index is 707. The van der Waals surface area contributed by atoms with Gasteiger partial charge in [0, 0.05) is 17.1 Å². The molecule has 6 heteroatoms. The van der Waals surface area contributed by atoms with E-state index in [2.05, 4.69) is 10.1 Å². The summed E-state index contributed by atoms with van der Waals surface area (Å²) in [7, 11) is 0. The molecule has 0 radical (unpaired) electrons. The number of esters is 1. The van der Waals surface area contributed by atoms with Crippen molar-refractivity contribution >= 4 is 23.8 Å². The Hall–Kier alpha value is -2.27. The number of carbonyl (C=O) groups excluding carboxylic acids is 1. The Balaban J connectivity index is 2.48. The summed E-state index contributed by atoms with van der Waals surface area (Å²) < 4.78 is 5.11. The number of hydrogen-bond acceptors (Lipinski definition) is 4. The Morgan fingerprint density at radius 3 is 2.91 bits per heavy atom. The average molecular weight is 321 g/mol. The van der Waals surface area contributed by atoms with Crippen molar-refractivity contribution in [2.75, 3.05) is 6.61 Å². The predicted octanol–water partition coefficient (Wildman–Crippen LogP) is 3.55. The average Bonchev–Trinajstić information content (AvgIpc) is 2.75. The lowest BCUT2D eigenvalue weighted by Crippen LogP contribution is -2.09. The maximum absolute atomic E-state index is 12.2. The molecule has 22 heavy (non-hydrogen) atoms. The number of halogens is 1. The molecule has 1 heterocycles. The molecular formula is C16H17ClN2O3. The van der Waals surface area contributed by atoms with Crippen molar-refractivity contribution in [2.45, 2.75) is 20.3 Å². The number of nitrogens with one attached hydrogen (secondary N) is 1. The third-order valence-corrected chi connectivity index (χ3v) is 3.50. The molecule has 0 bridgehead atoms. The Morgan fingerprint density at radius 2 is 2.27 bits per heavy atom. The van der Waals surface area contributed by atoms with Crippen molar-refractivity contribution < 1.29 is 14.7 Å². The van der Waals surface area contributed by atoms with Gasteiger partial charge in [-0.2, -0.15) is 0 Å². The fraction of sp³-hybridized carbons (Fsp3) is 0.250. The molecular weight excluding hydrogens is 304 g/mol. The van der Waals surface area contributed by atoms with Crippen LogP contribution < -0.4 is 0 Å². The van der Waals surface area contributed by atoms with Crippen LogP contribution in [-0.2, 0) is 11.2 Å². The molecule has 1 aromatic carbocycles. The van der Waals surface area contributed by atoms with E-state index in [0.717, 1.165) is 11.1 Å². The lowest BCUT2D eigenvalue weighted by atomic mass is 10.0. The summed E-state index contributed by atoms with van der Waals surface area (Å²) in [6, 6.07) is 7.39. The van der Waals surface area contributed by atoms with E-state index in [9.17, 15) is 4.79 Å². The zero-order valence-electron chi connectivity index (χ0n) is 12.4. The van der Waals surface area contributed by atoms with Crippen molar-refractivity contribution in [1.29, 1.82) is 0 Å². The SMILES string of the molecule is CCOC(=O)c1c(C)[nH]c(/C=N/O)c1Cc1cccc(Cl)c1. The van der Waals surface area contributed by atoms with Gasteiger partial charge in [0.15, 0.2) is 0 Å². The predicted molar refractivity (Wildman–Crippen MR) is 85.1 cm³/mol. The third kappa shape index (κ3) is 3.49. The van der Waals surface area contributed by atoms with Crippen LogP contribution in [0.3, 0.4) is 0 Å². The zero-order valence-corrected chi connectivity index (χ0v) is 13.1. The van der Waals surface area contributed by atoms with E-state index in [1.165, 1.54) is 6.21 Å². The van der Waals surface area contributed by atoms with Gasteiger partial charge in [-0.15, -0.1) is 0 Å². The minimum atomic E-state index is -0.397. The van der Waals surface area contributed by atoms with E-state index < -0.39 is 5.97 Å². The minimum absolute atomic E-state index is 0.295. The quantitative estimate of drug-likeness (QED) is 0.383. The zero-order chi connectivity index (χ0) is 16.1. The van der Waals surface area contributed by atoms with E-state index >= 15 is 0 Å². The van der Waals surface area contributed by atoms with Crippen LogP contribution in [0.4, 0.5) is 0 Å². The Labute approximate surface area is 133 Å². The number of aryl methyl sites for hydroxylation is 1. The Kier molecular flexibility index (Phi) is 5.22. The van der Waals surface area contributed by atoms with E-state index in [0.29, 0.717) is 35.0 Å². The van der Waals surface area contributed by atoms with Crippen LogP contribution in [0.2, 0.25) is 5.02 Å². The van der Waals surface area contributed by atoms with Crippen molar-refractivity contribution in [1.82, 2.24) is 4.98 Å². The molecule has 116 valence electrons. The second-order valence-corrected chi connectivity index (χ2v) is 5.23. The minimum Gasteiger partial charge on any atom is -0.462 e. The first kappa shape index (κ1) is 16.1. The first-order valence-electron chi connectivity index (χ1n) is 6.87. The lowest BCUT2D eigenvalue weighted by molar-refractivity contribution is 0.0524. The second-order valence-electron chi connectivity index (χ2n) is 4.79. The summed E-state index contributed by atoms with van der Waals surface area (Å²) in [4.78, 5) is 15.2. The van der Waals surface area contributed by atoms with Crippen molar-refractivity contribution in [2.24, 2.45) is 5.16 Å². The topological polar surface area (TPSA) is 74.7 Å². The van der Waals surface area contributed by atoms with Crippen LogP contribution in [0.15, 0.2) is 29.4 Å². The number of rotatable bonds is 5. The van der Waals surface area contributed by atoms with Gasteiger partial charge in [0.05, 0.1) is 24.1 Å². The highest BCUT2D eigenvalue weighted by Crippen LogP contribution is 2.23. The van der Waals surface area contributed by atoms with Gasteiger partial charge in [-0.1, -0.05) is 28.9 Å². The molecule has 0 saturated heterocycles. The van der Waals surface area contributed by atoms with E-state index in [-0.39, 0.29) is 0 Å². The molecule has 0 aliphatic carbocycles. The first-order chi connectivity index (χ1) is 10.6. The smallest absolute Gasteiger partial charge is 0.340 e. The summed E-state index contributed by atoms with van der Waals surface area (Å²) in [5.41, 5.74) is 3.38. The molecule has 0 amide bonds. The summed E-state index contributed by atoms with van der Waals surface area (Å²) in [6.07, 6.45) is 1.75. The van der Waals surface area contributed by atoms with Gasteiger partial charge in [-0.05, 0) is 37.1 Å². The highest BCUT2D eigenvalue weighted by molar-refractivity contribution is 6.30. The molecule has 0 unspecified atom stereocenters. The standard InChI is InChI=1S/C16H17ClN2O3/c1-3-22-16(20)15-10(2)19-14(9-18-21)13(15)8-11-5-4-6-12(17)7-11/h4-7,9,19,21H,3,8H2,1-2H3/b18-9+.